The lowest BCUT2D eigenvalue weighted by Gasteiger charge is -2.33. The number of nitrogens with zero attached hydrogens (tertiary/aromatic N) is 3. The summed E-state index contributed by atoms with van der Waals surface area (Å²) in [5.74, 6) is 0. The first-order valence-electron chi connectivity index (χ1n) is 8.44. The van der Waals surface area contributed by atoms with Crippen LogP contribution in [0, 0.1) is 0 Å². The molecule has 1 aliphatic heterocycles. The van der Waals surface area contributed by atoms with E-state index in [-0.39, 0.29) is 55.3 Å². The minimum atomic E-state index is -0.119. The molecular weight excluding hydrogens is 448 g/mol. The molecule has 3 heterocycles. The SMILES string of the molecule is C.C.C.C.C[C@H]1Cc2nn(C)c(-c3cccs3)c2CN1C(=O)Nc1cccc(Cl)c1.S. The predicted octanol–water partition coefficient (Wildman–Crippen LogP) is 7.44. The molecule has 4 rings (SSSR count). The van der Waals surface area contributed by atoms with Gasteiger partial charge in [0.05, 0.1) is 22.8 Å². The van der Waals surface area contributed by atoms with Crippen molar-refractivity contribution in [3.05, 3.63) is 58.1 Å². The fraction of sp³-hybridized carbons (Fsp3) is 0.391. The van der Waals surface area contributed by atoms with Gasteiger partial charge in [0.15, 0.2) is 0 Å². The molecular formula is C23H37ClN4OS2. The normalized spacial score (nSPS) is 13.8. The lowest BCUT2D eigenvalue weighted by molar-refractivity contribution is 0.182. The first-order chi connectivity index (χ1) is 12.5. The third kappa shape index (κ3) is 6.28. The summed E-state index contributed by atoms with van der Waals surface area (Å²) in [5, 5.41) is 10.3. The number of hydrogen-bond donors (Lipinski definition) is 1. The van der Waals surface area contributed by atoms with Crippen molar-refractivity contribution in [3.63, 3.8) is 0 Å². The van der Waals surface area contributed by atoms with Gasteiger partial charge in [0, 0.05) is 35.8 Å². The van der Waals surface area contributed by atoms with Crippen molar-refractivity contribution < 1.29 is 4.79 Å². The molecule has 3 aromatic rings. The quantitative estimate of drug-likeness (QED) is 0.410. The van der Waals surface area contributed by atoms with Gasteiger partial charge in [-0.05, 0) is 36.6 Å². The highest BCUT2D eigenvalue weighted by Crippen LogP contribution is 2.34. The van der Waals surface area contributed by atoms with E-state index in [1.807, 2.05) is 34.8 Å². The van der Waals surface area contributed by atoms with Crippen LogP contribution in [0.25, 0.3) is 10.6 Å². The number of carbonyl (C=O) groups is 1. The smallest absolute Gasteiger partial charge is 0.317 e. The number of nitrogens with one attached hydrogen (secondary N) is 1. The van der Waals surface area contributed by atoms with Crippen molar-refractivity contribution in [2.24, 2.45) is 7.05 Å². The number of rotatable bonds is 2. The van der Waals surface area contributed by atoms with Gasteiger partial charge in [0.1, 0.15) is 0 Å². The summed E-state index contributed by atoms with van der Waals surface area (Å²) in [6.07, 6.45) is 0.748. The van der Waals surface area contributed by atoms with Crippen LogP contribution >= 0.6 is 36.4 Å². The number of urea groups is 1. The first-order valence-corrected chi connectivity index (χ1v) is 9.70. The molecule has 1 aliphatic rings. The first kappa shape index (κ1) is 31.2. The maximum atomic E-state index is 12.9. The number of hydrogen-bond acceptors (Lipinski definition) is 3. The Balaban J connectivity index is 0. The number of halogens is 1. The number of carbonyl (C=O) groups excluding carboxylic acids is 1. The van der Waals surface area contributed by atoms with E-state index in [0.29, 0.717) is 17.3 Å². The van der Waals surface area contributed by atoms with Crippen LogP contribution in [0.2, 0.25) is 5.02 Å². The van der Waals surface area contributed by atoms with Crippen LogP contribution in [0.5, 0.6) is 0 Å². The molecule has 2 aromatic heterocycles. The third-order valence-corrected chi connectivity index (χ3v) is 5.78. The molecule has 1 atom stereocenters. The summed E-state index contributed by atoms with van der Waals surface area (Å²) in [4.78, 5) is 15.9. The van der Waals surface area contributed by atoms with Gasteiger partial charge in [-0.1, -0.05) is 53.4 Å². The molecule has 0 fully saturated rings. The predicted molar refractivity (Wildman–Crippen MR) is 143 cm³/mol. The van der Waals surface area contributed by atoms with E-state index in [9.17, 15) is 4.79 Å². The highest BCUT2D eigenvalue weighted by atomic mass is 35.5. The standard InChI is InChI=1S/C19H19ClN4OS.4CH4.H2S/c1-12-9-16-15(18(23(2)22-16)17-7-4-8-26-17)11-24(12)19(25)21-14-6-3-5-13(20)10-14;;;;;/h3-8,10,12H,9,11H2,1-2H3,(H,21,25);4*1H4;1H2/t12-;;;;;/m0...../s1. The molecule has 0 saturated carbocycles. The summed E-state index contributed by atoms with van der Waals surface area (Å²) >= 11 is 7.70. The summed E-state index contributed by atoms with van der Waals surface area (Å²) in [6.45, 7) is 2.60. The minimum absolute atomic E-state index is 0. The molecule has 2 amide bonds. The van der Waals surface area contributed by atoms with Gasteiger partial charge in [-0.2, -0.15) is 18.6 Å². The number of fused-ring (bicyclic) bond motifs is 1. The van der Waals surface area contributed by atoms with Crippen molar-refractivity contribution in [2.45, 2.75) is 55.6 Å². The lowest BCUT2D eigenvalue weighted by atomic mass is 9.99. The molecule has 0 bridgehead atoms. The molecule has 0 aliphatic carbocycles. The Kier molecular flexibility index (Phi) is 12.9. The monoisotopic (exact) mass is 484 g/mol. The van der Waals surface area contributed by atoms with E-state index in [1.54, 1.807) is 23.5 Å². The van der Waals surface area contributed by atoms with Crippen molar-refractivity contribution in [1.29, 1.82) is 0 Å². The van der Waals surface area contributed by atoms with E-state index in [0.717, 1.165) is 23.4 Å². The second-order valence-electron chi connectivity index (χ2n) is 6.50. The Labute approximate surface area is 203 Å². The van der Waals surface area contributed by atoms with Crippen LogP contribution in [-0.4, -0.2) is 26.8 Å². The van der Waals surface area contributed by atoms with Gasteiger partial charge in [-0.25, -0.2) is 4.79 Å². The summed E-state index contributed by atoms with van der Waals surface area (Å²) in [7, 11) is 1.97. The summed E-state index contributed by atoms with van der Waals surface area (Å²) in [6, 6.07) is 11.3. The molecule has 1 aromatic carbocycles. The average molecular weight is 485 g/mol. The van der Waals surface area contributed by atoms with Crippen molar-refractivity contribution in [2.75, 3.05) is 5.32 Å². The van der Waals surface area contributed by atoms with E-state index < -0.39 is 0 Å². The zero-order valence-electron chi connectivity index (χ0n) is 15.1. The molecule has 1 N–H and O–H groups in total. The minimum Gasteiger partial charge on any atom is -0.317 e. The molecule has 8 heteroatoms. The molecule has 174 valence electrons. The van der Waals surface area contributed by atoms with Crippen LogP contribution in [0.3, 0.4) is 0 Å². The number of anilines is 1. The van der Waals surface area contributed by atoms with E-state index >= 15 is 0 Å². The Morgan fingerprint density at radius 3 is 2.52 bits per heavy atom. The van der Waals surface area contributed by atoms with Gasteiger partial charge >= 0.3 is 6.03 Å². The van der Waals surface area contributed by atoms with Crippen LogP contribution in [0.1, 0.15) is 47.9 Å². The topological polar surface area (TPSA) is 50.2 Å². The Bertz CT molecular complexity index is 957. The van der Waals surface area contributed by atoms with Gasteiger partial charge in [0.2, 0.25) is 0 Å². The maximum absolute atomic E-state index is 12.9. The Morgan fingerprint density at radius 2 is 1.90 bits per heavy atom. The fourth-order valence-electron chi connectivity index (χ4n) is 3.42. The third-order valence-electron chi connectivity index (χ3n) is 4.67. The maximum Gasteiger partial charge on any atom is 0.322 e. The van der Waals surface area contributed by atoms with Gasteiger partial charge in [0.25, 0.3) is 0 Å². The zero-order chi connectivity index (χ0) is 18.3. The number of thiophene rings is 1. The fourth-order valence-corrected chi connectivity index (χ4v) is 4.44. The van der Waals surface area contributed by atoms with E-state index in [4.69, 9.17) is 16.7 Å². The Morgan fingerprint density at radius 1 is 1.19 bits per heavy atom. The molecule has 0 spiro atoms. The number of amides is 2. The highest BCUT2D eigenvalue weighted by molar-refractivity contribution is 7.59. The summed E-state index contributed by atoms with van der Waals surface area (Å²) < 4.78 is 1.93. The van der Waals surface area contributed by atoms with Crippen LogP contribution in [-0.2, 0) is 20.0 Å². The van der Waals surface area contributed by atoms with Gasteiger partial charge in [-0.3, -0.25) is 4.68 Å². The van der Waals surface area contributed by atoms with Crippen molar-refractivity contribution >= 4 is 48.2 Å². The number of aryl methyl sites for hydroxylation is 1. The molecule has 0 radical (unpaired) electrons. The van der Waals surface area contributed by atoms with Crippen LogP contribution in [0.15, 0.2) is 41.8 Å². The number of aromatic nitrogens is 2. The molecule has 0 saturated heterocycles. The van der Waals surface area contributed by atoms with Gasteiger partial charge < -0.3 is 10.2 Å². The van der Waals surface area contributed by atoms with Crippen molar-refractivity contribution in [3.8, 4) is 10.6 Å². The van der Waals surface area contributed by atoms with Crippen LogP contribution < -0.4 is 5.32 Å². The molecule has 31 heavy (non-hydrogen) atoms. The second kappa shape index (κ2) is 12.8. The lowest BCUT2D eigenvalue weighted by Crippen LogP contribution is -2.44. The number of benzene rings is 1. The zero-order valence-corrected chi connectivity index (χ0v) is 17.6. The largest absolute Gasteiger partial charge is 0.322 e. The van der Waals surface area contributed by atoms with Crippen molar-refractivity contribution in [1.82, 2.24) is 14.7 Å². The summed E-state index contributed by atoms with van der Waals surface area (Å²) in [5.41, 5.74) is 4.01. The van der Waals surface area contributed by atoms with Crippen LogP contribution in [0.4, 0.5) is 10.5 Å². The second-order valence-corrected chi connectivity index (χ2v) is 7.88. The Hall–Kier alpha value is -1.96. The highest BCUT2D eigenvalue weighted by Gasteiger charge is 2.32. The van der Waals surface area contributed by atoms with Gasteiger partial charge in [-0.15, -0.1) is 11.3 Å². The molecule has 0 unspecified atom stereocenters. The van der Waals surface area contributed by atoms with E-state index in [1.165, 1.54) is 4.88 Å². The van der Waals surface area contributed by atoms with E-state index in [2.05, 4.69) is 23.7 Å². The average Bonchev–Trinajstić information content (AvgIpc) is 3.20. The molecule has 5 nitrogen and oxygen atoms in total.